The highest BCUT2D eigenvalue weighted by Gasteiger charge is 2.14. The van der Waals surface area contributed by atoms with Crippen LogP contribution in [0.3, 0.4) is 0 Å². The average Bonchev–Trinajstić information content (AvgIpc) is 2.76. The number of fused-ring (bicyclic) bond motifs is 1. The molecule has 162 valence electrons. The van der Waals surface area contributed by atoms with Gasteiger partial charge in [0.25, 0.3) is 11.5 Å². The smallest absolute Gasteiger partial charge is 0.266 e. The normalized spacial score (nSPS) is 10.9. The molecule has 6 nitrogen and oxygen atoms in total. The van der Waals surface area contributed by atoms with Gasteiger partial charge in [-0.1, -0.05) is 23.7 Å². The van der Waals surface area contributed by atoms with Crippen molar-refractivity contribution >= 4 is 46.3 Å². The predicted molar refractivity (Wildman–Crippen MR) is 130 cm³/mol. The monoisotopic (exact) mass is 465 g/mol. The molecule has 0 fully saturated rings. The molecule has 0 aliphatic carbocycles. The summed E-state index contributed by atoms with van der Waals surface area (Å²) >= 11 is 11.5. The fourth-order valence-electron chi connectivity index (χ4n) is 3.53. The summed E-state index contributed by atoms with van der Waals surface area (Å²) in [4.78, 5) is 29.2. The highest BCUT2D eigenvalue weighted by molar-refractivity contribution is 7.71. The van der Waals surface area contributed by atoms with E-state index in [9.17, 15) is 9.59 Å². The van der Waals surface area contributed by atoms with E-state index in [1.54, 1.807) is 36.4 Å². The van der Waals surface area contributed by atoms with Crippen molar-refractivity contribution in [2.24, 2.45) is 0 Å². The lowest BCUT2D eigenvalue weighted by molar-refractivity contribution is 0.102. The number of benzene rings is 3. The zero-order chi connectivity index (χ0) is 23.0. The number of hydrogen-bond donors (Lipinski definition) is 2. The third-order valence-electron chi connectivity index (χ3n) is 5.39. The number of aryl methyl sites for hydroxylation is 1. The lowest BCUT2D eigenvalue weighted by Crippen LogP contribution is -2.22. The van der Waals surface area contributed by atoms with Crippen LogP contribution in [0.5, 0.6) is 5.75 Å². The Morgan fingerprint density at radius 1 is 1.12 bits per heavy atom. The van der Waals surface area contributed by atoms with Gasteiger partial charge in [-0.25, -0.2) is 0 Å². The van der Waals surface area contributed by atoms with Gasteiger partial charge in [-0.2, -0.15) is 0 Å². The number of H-pyrrole nitrogens is 1. The Morgan fingerprint density at radius 2 is 1.91 bits per heavy atom. The number of nitrogens with one attached hydrogen (secondary N) is 2. The summed E-state index contributed by atoms with van der Waals surface area (Å²) < 4.78 is 7.01. The molecular weight excluding hydrogens is 446 g/mol. The zero-order valence-electron chi connectivity index (χ0n) is 17.7. The fourth-order valence-corrected chi connectivity index (χ4v) is 3.99. The first kappa shape index (κ1) is 21.8. The summed E-state index contributed by atoms with van der Waals surface area (Å²) in [5, 5.41) is 3.69. The van der Waals surface area contributed by atoms with Gasteiger partial charge in [-0.05, 0) is 79.7 Å². The SMILES string of the molecule is COc1ccc(Cl)cc1NC(=O)c1ccc2c(=O)n(-c3cccc(C)c3C)c(=S)[nH]c2c1. The topological polar surface area (TPSA) is 76.1 Å². The number of halogens is 1. The largest absolute Gasteiger partial charge is 0.495 e. The first-order valence-corrected chi connectivity index (χ1v) is 10.6. The first-order chi connectivity index (χ1) is 15.3. The molecule has 0 spiro atoms. The van der Waals surface area contributed by atoms with E-state index >= 15 is 0 Å². The van der Waals surface area contributed by atoms with E-state index in [0.29, 0.717) is 32.9 Å². The van der Waals surface area contributed by atoms with Gasteiger partial charge in [0.2, 0.25) is 0 Å². The van der Waals surface area contributed by atoms with E-state index in [1.807, 2.05) is 32.0 Å². The standard InChI is InChI=1S/C24H20ClN3O3S/c1-13-5-4-6-20(14(13)2)28-23(30)17-9-7-15(11-18(17)27-24(28)32)22(29)26-19-12-16(25)8-10-21(19)31-3/h4-12H,1-3H3,(H,26,29)(H,27,32). The van der Waals surface area contributed by atoms with E-state index in [-0.39, 0.29) is 16.2 Å². The van der Waals surface area contributed by atoms with Crippen molar-refractivity contribution in [1.29, 1.82) is 0 Å². The van der Waals surface area contributed by atoms with Gasteiger partial charge in [0.15, 0.2) is 4.77 Å². The van der Waals surface area contributed by atoms with Crippen LogP contribution in [0.2, 0.25) is 5.02 Å². The Bertz CT molecular complexity index is 1490. The number of carbonyl (C=O) groups is 1. The van der Waals surface area contributed by atoms with Crippen molar-refractivity contribution in [3.8, 4) is 11.4 Å². The number of nitrogens with zero attached hydrogens (tertiary/aromatic N) is 1. The second-order valence-electron chi connectivity index (χ2n) is 7.35. The van der Waals surface area contributed by atoms with Gasteiger partial charge in [0.05, 0.1) is 29.4 Å². The number of aromatic nitrogens is 2. The quantitative estimate of drug-likeness (QED) is 0.386. The van der Waals surface area contributed by atoms with E-state index in [4.69, 9.17) is 28.6 Å². The average molecular weight is 466 g/mol. The van der Waals surface area contributed by atoms with Crippen LogP contribution in [0.15, 0.2) is 59.4 Å². The molecule has 3 aromatic carbocycles. The summed E-state index contributed by atoms with van der Waals surface area (Å²) in [5.74, 6) is 0.116. The van der Waals surface area contributed by atoms with Crippen LogP contribution in [0, 0.1) is 18.6 Å². The molecule has 0 radical (unpaired) electrons. The predicted octanol–water partition coefficient (Wildman–Crippen LogP) is 5.58. The van der Waals surface area contributed by atoms with Gasteiger partial charge in [-0.3, -0.25) is 14.2 Å². The zero-order valence-corrected chi connectivity index (χ0v) is 19.2. The van der Waals surface area contributed by atoms with E-state index in [1.165, 1.54) is 11.7 Å². The van der Waals surface area contributed by atoms with Crippen molar-refractivity contribution < 1.29 is 9.53 Å². The maximum atomic E-state index is 13.3. The van der Waals surface area contributed by atoms with Gasteiger partial charge >= 0.3 is 0 Å². The fraction of sp³-hybridized carbons (Fsp3) is 0.125. The molecule has 4 rings (SSSR count). The van der Waals surface area contributed by atoms with Crippen LogP contribution in [0.4, 0.5) is 5.69 Å². The molecule has 0 atom stereocenters. The molecule has 0 aliphatic rings. The van der Waals surface area contributed by atoms with E-state index in [0.717, 1.165) is 16.8 Å². The minimum absolute atomic E-state index is 0.249. The minimum atomic E-state index is -0.370. The summed E-state index contributed by atoms with van der Waals surface area (Å²) in [6.45, 7) is 3.94. The Kier molecular flexibility index (Phi) is 5.86. The number of aromatic amines is 1. The van der Waals surface area contributed by atoms with Crippen molar-refractivity contribution in [1.82, 2.24) is 9.55 Å². The Morgan fingerprint density at radius 3 is 2.66 bits per heavy atom. The van der Waals surface area contributed by atoms with Gasteiger partial charge < -0.3 is 15.0 Å². The molecule has 1 amide bonds. The Balaban J connectivity index is 1.77. The number of methoxy groups -OCH3 is 1. The van der Waals surface area contributed by atoms with Crippen LogP contribution in [0.1, 0.15) is 21.5 Å². The van der Waals surface area contributed by atoms with E-state index in [2.05, 4.69) is 10.3 Å². The van der Waals surface area contributed by atoms with Crippen LogP contribution >= 0.6 is 23.8 Å². The van der Waals surface area contributed by atoms with Crippen molar-refractivity contribution in [2.75, 3.05) is 12.4 Å². The molecule has 0 saturated heterocycles. The van der Waals surface area contributed by atoms with Crippen LogP contribution in [0.25, 0.3) is 16.6 Å². The molecule has 0 aliphatic heterocycles. The number of hydrogen-bond acceptors (Lipinski definition) is 4. The van der Waals surface area contributed by atoms with Gasteiger partial charge in [-0.15, -0.1) is 0 Å². The molecule has 1 heterocycles. The minimum Gasteiger partial charge on any atom is -0.495 e. The number of amides is 1. The number of carbonyl (C=O) groups excluding carboxylic acids is 1. The van der Waals surface area contributed by atoms with Crippen molar-refractivity contribution in [2.45, 2.75) is 13.8 Å². The molecule has 32 heavy (non-hydrogen) atoms. The number of anilines is 1. The second kappa shape index (κ2) is 8.61. The second-order valence-corrected chi connectivity index (χ2v) is 8.17. The third-order valence-corrected chi connectivity index (χ3v) is 5.91. The summed E-state index contributed by atoms with van der Waals surface area (Å²) in [7, 11) is 1.51. The summed E-state index contributed by atoms with van der Waals surface area (Å²) in [6, 6.07) is 15.5. The lowest BCUT2D eigenvalue weighted by atomic mass is 10.1. The van der Waals surface area contributed by atoms with Gasteiger partial charge in [0, 0.05) is 10.6 Å². The van der Waals surface area contributed by atoms with Crippen LogP contribution in [-0.2, 0) is 0 Å². The maximum absolute atomic E-state index is 13.3. The highest BCUT2D eigenvalue weighted by Crippen LogP contribution is 2.28. The molecule has 0 unspecified atom stereocenters. The molecule has 2 N–H and O–H groups in total. The Labute approximate surface area is 194 Å². The molecule has 4 aromatic rings. The Hall–Kier alpha value is -3.42. The van der Waals surface area contributed by atoms with E-state index < -0.39 is 0 Å². The van der Waals surface area contributed by atoms with Crippen LogP contribution < -0.4 is 15.6 Å². The molecule has 1 aromatic heterocycles. The summed E-state index contributed by atoms with van der Waals surface area (Å²) in [5.41, 5.74) is 3.80. The maximum Gasteiger partial charge on any atom is 0.266 e. The number of ether oxygens (including phenoxy) is 1. The van der Waals surface area contributed by atoms with Gasteiger partial charge in [0.1, 0.15) is 5.75 Å². The highest BCUT2D eigenvalue weighted by atomic mass is 35.5. The molecule has 0 bridgehead atoms. The third kappa shape index (κ3) is 3.92. The van der Waals surface area contributed by atoms with Crippen LogP contribution in [-0.4, -0.2) is 22.6 Å². The lowest BCUT2D eigenvalue weighted by Gasteiger charge is -2.13. The molecule has 8 heteroatoms. The van der Waals surface area contributed by atoms with Crippen molar-refractivity contribution in [3.05, 3.63) is 91.4 Å². The summed E-state index contributed by atoms with van der Waals surface area (Å²) in [6.07, 6.45) is 0. The first-order valence-electron chi connectivity index (χ1n) is 9.80. The number of rotatable bonds is 4. The molecular formula is C24H20ClN3O3S. The molecule has 0 saturated carbocycles. The van der Waals surface area contributed by atoms with Crippen molar-refractivity contribution in [3.63, 3.8) is 0 Å².